The molecule has 0 radical (unpaired) electrons. The summed E-state index contributed by atoms with van der Waals surface area (Å²) in [6.07, 6.45) is 68.2. The predicted octanol–water partition coefficient (Wildman–Crippen LogP) is 22.1. The van der Waals surface area contributed by atoms with Crippen molar-refractivity contribution in [2.24, 2.45) is 5.92 Å². The Bertz CT molecular complexity index is 1090. The smallest absolute Gasteiger partial charge is 0.306 e. The molecule has 0 aliphatic carbocycles. The van der Waals surface area contributed by atoms with E-state index in [1.54, 1.807) is 0 Å². The molecule has 0 aliphatic heterocycles. The van der Waals surface area contributed by atoms with Crippen LogP contribution in [0.3, 0.4) is 0 Å². The van der Waals surface area contributed by atoms with Crippen LogP contribution in [0.5, 0.6) is 0 Å². The number of hydrogen-bond acceptors (Lipinski definition) is 6. The topological polar surface area (TPSA) is 78.9 Å². The minimum atomic E-state index is -0.763. The van der Waals surface area contributed by atoms with Crippen LogP contribution in [-0.2, 0) is 28.6 Å². The van der Waals surface area contributed by atoms with E-state index >= 15 is 0 Å². The van der Waals surface area contributed by atoms with Crippen molar-refractivity contribution < 1.29 is 28.6 Å². The Labute approximate surface area is 450 Å². The van der Waals surface area contributed by atoms with Crippen LogP contribution in [0.1, 0.15) is 381 Å². The molecule has 428 valence electrons. The third-order valence-corrected chi connectivity index (χ3v) is 15.3. The molecular weight excluding hydrogens is 889 g/mol. The molecule has 0 bridgehead atoms. The number of esters is 3. The lowest BCUT2D eigenvalue weighted by Gasteiger charge is -2.18. The average molecular weight is 1020 g/mol. The maximum absolute atomic E-state index is 12.9. The molecule has 0 saturated heterocycles. The van der Waals surface area contributed by atoms with Gasteiger partial charge in [-0.25, -0.2) is 0 Å². The van der Waals surface area contributed by atoms with E-state index in [1.165, 1.54) is 276 Å². The molecular formula is C66H128O6. The summed E-state index contributed by atoms with van der Waals surface area (Å²) in [4.78, 5) is 38.4. The molecule has 1 atom stereocenters. The van der Waals surface area contributed by atoms with E-state index < -0.39 is 6.10 Å². The van der Waals surface area contributed by atoms with Gasteiger partial charge in [-0.3, -0.25) is 14.4 Å². The van der Waals surface area contributed by atoms with Crippen molar-refractivity contribution in [1.29, 1.82) is 0 Å². The van der Waals surface area contributed by atoms with Crippen LogP contribution in [0, 0.1) is 5.92 Å². The van der Waals surface area contributed by atoms with Crippen molar-refractivity contribution in [1.82, 2.24) is 0 Å². The van der Waals surface area contributed by atoms with Gasteiger partial charge in [-0.2, -0.15) is 0 Å². The molecule has 0 rings (SSSR count). The normalized spacial score (nSPS) is 12.0. The van der Waals surface area contributed by atoms with Gasteiger partial charge >= 0.3 is 17.9 Å². The second-order valence-electron chi connectivity index (χ2n) is 23.2. The van der Waals surface area contributed by atoms with E-state index in [-0.39, 0.29) is 31.1 Å². The second kappa shape index (κ2) is 60.3. The molecule has 0 aromatic rings. The van der Waals surface area contributed by atoms with Gasteiger partial charge in [0.1, 0.15) is 13.2 Å². The monoisotopic (exact) mass is 1020 g/mol. The second-order valence-corrected chi connectivity index (χ2v) is 23.2. The number of hydrogen-bond donors (Lipinski definition) is 0. The minimum Gasteiger partial charge on any atom is -0.462 e. The Morgan fingerprint density at radius 1 is 0.264 bits per heavy atom. The zero-order chi connectivity index (χ0) is 52.3. The van der Waals surface area contributed by atoms with Gasteiger partial charge in [-0.05, 0) is 25.2 Å². The molecule has 0 N–H and O–H groups in total. The lowest BCUT2D eigenvalue weighted by Crippen LogP contribution is -2.30. The largest absolute Gasteiger partial charge is 0.462 e. The summed E-state index contributed by atoms with van der Waals surface area (Å²) >= 11 is 0. The first-order valence-electron chi connectivity index (χ1n) is 32.9. The molecule has 0 spiro atoms. The maximum atomic E-state index is 12.9. The van der Waals surface area contributed by atoms with Gasteiger partial charge in [0.25, 0.3) is 0 Å². The Hall–Kier alpha value is -1.59. The van der Waals surface area contributed by atoms with Crippen molar-refractivity contribution in [3.05, 3.63) is 0 Å². The van der Waals surface area contributed by atoms with Crippen molar-refractivity contribution in [3.63, 3.8) is 0 Å². The molecule has 0 aliphatic rings. The summed E-state index contributed by atoms with van der Waals surface area (Å²) in [5.74, 6) is 0.0282. The summed E-state index contributed by atoms with van der Waals surface area (Å²) in [6.45, 7) is 9.11. The van der Waals surface area contributed by atoms with Crippen molar-refractivity contribution in [2.45, 2.75) is 387 Å². The van der Waals surface area contributed by atoms with Crippen LogP contribution in [0.2, 0.25) is 0 Å². The molecule has 6 heteroatoms. The predicted molar refractivity (Wildman–Crippen MR) is 312 cm³/mol. The van der Waals surface area contributed by atoms with Gasteiger partial charge in [0.2, 0.25) is 0 Å². The Morgan fingerprint density at radius 3 is 0.681 bits per heavy atom. The maximum Gasteiger partial charge on any atom is 0.306 e. The number of carbonyl (C=O) groups is 3. The van der Waals surface area contributed by atoms with Gasteiger partial charge in [-0.1, -0.05) is 342 Å². The van der Waals surface area contributed by atoms with Crippen LogP contribution in [0.15, 0.2) is 0 Å². The standard InChI is InChI=1S/C66H128O6/c1-5-7-9-11-13-15-17-19-21-23-25-29-33-37-41-45-49-53-57-64(67)70-60-63(72-66(69)59-55-51-47-43-39-35-31-24-22-20-18-16-14-12-10-8-6-2)61-71-65(68)58-54-50-46-42-38-34-30-27-26-28-32-36-40-44-48-52-56-62(3)4/h62-63H,5-61H2,1-4H3/t63-/m0/s1. The van der Waals surface area contributed by atoms with Crippen molar-refractivity contribution >= 4 is 17.9 Å². The van der Waals surface area contributed by atoms with Crippen LogP contribution in [-0.4, -0.2) is 37.2 Å². The molecule has 0 heterocycles. The molecule has 6 nitrogen and oxygen atoms in total. The summed E-state index contributed by atoms with van der Waals surface area (Å²) in [5, 5.41) is 0. The van der Waals surface area contributed by atoms with Crippen LogP contribution in [0.25, 0.3) is 0 Å². The number of carbonyl (C=O) groups excluding carboxylic acids is 3. The molecule has 0 saturated carbocycles. The summed E-state index contributed by atoms with van der Waals surface area (Å²) in [6, 6.07) is 0. The van der Waals surface area contributed by atoms with Crippen molar-refractivity contribution in [3.8, 4) is 0 Å². The lowest BCUT2D eigenvalue weighted by atomic mass is 10.0. The lowest BCUT2D eigenvalue weighted by molar-refractivity contribution is -0.167. The van der Waals surface area contributed by atoms with Crippen LogP contribution in [0.4, 0.5) is 0 Å². The first-order valence-corrected chi connectivity index (χ1v) is 32.9. The fraction of sp³-hybridized carbons (Fsp3) is 0.955. The molecule has 0 aromatic carbocycles. The average Bonchev–Trinajstić information content (AvgIpc) is 3.37. The number of ether oxygens (including phenoxy) is 3. The highest BCUT2D eigenvalue weighted by molar-refractivity contribution is 5.71. The molecule has 0 amide bonds. The van der Waals surface area contributed by atoms with E-state index in [9.17, 15) is 14.4 Å². The fourth-order valence-electron chi connectivity index (χ4n) is 10.3. The Kier molecular flexibility index (Phi) is 58.9. The van der Waals surface area contributed by atoms with Gasteiger partial charge < -0.3 is 14.2 Å². The fourth-order valence-corrected chi connectivity index (χ4v) is 10.3. The van der Waals surface area contributed by atoms with Gasteiger partial charge in [-0.15, -0.1) is 0 Å². The highest BCUT2D eigenvalue weighted by Crippen LogP contribution is 2.19. The van der Waals surface area contributed by atoms with Gasteiger partial charge in [0.05, 0.1) is 0 Å². The van der Waals surface area contributed by atoms with E-state index in [4.69, 9.17) is 14.2 Å². The highest BCUT2D eigenvalue weighted by Gasteiger charge is 2.19. The van der Waals surface area contributed by atoms with Gasteiger partial charge in [0, 0.05) is 19.3 Å². The molecule has 0 unspecified atom stereocenters. The zero-order valence-corrected chi connectivity index (χ0v) is 49.4. The minimum absolute atomic E-state index is 0.0609. The van der Waals surface area contributed by atoms with Crippen LogP contribution < -0.4 is 0 Å². The van der Waals surface area contributed by atoms with Crippen molar-refractivity contribution in [2.75, 3.05) is 13.2 Å². The van der Waals surface area contributed by atoms with E-state index in [0.29, 0.717) is 19.3 Å². The first-order chi connectivity index (χ1) is 35.4. The molecule has 0 aromatic heterocycles. The Balaban J connectivity index is 4.28. The highest BCUT2D eigenvalue weighted by atomic mass is 16.6. The van der Waals surface area contributed by atoms with Crippen LogP contribution >= 0.6 is 0 Å². The van der Waals surface area contributed by atoms with Gasteiger partial charge in [0.15, 0.2) is 6.10 Å². The summed E-state index contributed by atoms with van der Waals surface area (Å²) in [5.41, 5.74) is 0. The molecule has 0 fully saturated rings. The third kappa shape index (κ3) is 59.3. The van der Waals surface area contributed by atoms with E-state index in [2.05, 4.69) is 27.7 Å². The quantitative estimate of drug-likeness (QED) is 0.0343. The van der Waals surface area contributed by atoms with E-state index in [0.717, 1.165) is 63.7 Å². The molecule has 72 heavy (non-hydrogen) atoms. The number of unbranched alkanes of at least 4 members (excludes halogenated alkanes) is 48. The summed E-state index contributed by atoms with van der Waals surface area (Å²) in [7, 11) is 0. The summed E-state index contributed by atoms with van der Waals surface area (Å²) < 4.78 is 17.0. The van der Waals surface area contributed by atoms with E-state index in [1.807, 2.05) is 0 Å². The third-order valence-electron chi connectivity index (χ3n) is 15.3. The number of rotatable bonds is 61. The Morgan fingerprint density at radius 2 is 0.458 bits per heavy atom. The SMILES string of the molecule is CCCCCCCCCCCCCCCCCCCCC(=O)OC[C@@H](COC(=O)CCCCCCCCCCCCCCCCCCC(C)C)OC(=O)CCCCCCCCCCCCCCCCCCC. The zero-order valence-electron chi connectivity index (χ0n) is 49.4. The first kappa shape index (κ1) is 70.4.